The molecule has 0 aromatic heterocycles. The Hall–Kier alpha value is -1.66. The van der Waals surface area contributed by atoms with Gasteiger partial charge in [0.15, 0.2) is 0 Å². The standard InChI is InChI=1S/C15H22N2O4.ClH/c1-19-11-6-13(20-2)12(14(7-11)21-3)9-17-15(18)10-4-5-16-8-10;/h6-7,10,16H,4-5,8-9H2,1-3H3,(H,17,18);1H. The molecule has 1 unspecified atom stereocenters. The molecule has 1 fully saturated rings. The Morgan fingerprint density at radius 3 is 2.32 bits per heavy atom. The molecule has 2 N–H and O–H groups in total. The van der Waals surface area contributed by atoms with Crippen molar-refractivity contribution in [2.24, 2.45) is 5.92 Å². The molecule has 6 nitrogen and oxygen atoms in total. The number of nitrogens with one attached hydrogen (secondary N) is 2. The first-order valence-electron chi connectivity index (χ1n) is 6.97. The summed E-state index contributed by atoms with van der Waals surface area (Å²) >= 11 is 0. The number of amides is 1. The van der Waals surface area contributed by atoms with Crippen LogP contribution < -0.4 is 24.8 Å². The molecule has 0 saturated carbocycles. The van der Waals surface area contributed by atoms with Gasteiger partial charge in [0.2, 0.25) is 5.91 Å². The fourth-order valence-electron chi connectivity index (χ4n) is 2.45. The number of methoxy groups -OCH3 is 3. The van der Waals surface area contributed by atoms with Gasteiger partial charge in [-0.05, 0) is 13.0 Å². The SMILES string of the molecule is COc1cc(OC)c(CNC(=O)C2CCNC2)c(OC)c1.Cl. The fourth-order valence-corrected chi connectivity index (χ4v) is 2.45. The Morgan fingerprint density at radius 1 is 1.23 bits per heavy atom. The highest BCUT2D eigenvalue weighted by atomic mass is 35.5. The molecule has 124 valence electrons. The van der Waals surface area contributed by atoms with E-state index in [4.69, 9.17) is 14.2 Å². The molecule has 0 bridgehead atoms. The molecule has 0 aliphatic carbocycles. The minimum absolute atomic E-state index is 0. The minimum Gasteiger partial charge on any atom is -0.496 e. The average Bonchev–Trinajstić information content (AvgIpc) is 3.06. The van der Waals surface area contributed by atoms with E-state index < -0.39 is 0 Å². The molecule has 1 aromatic rings. The Kier molecular flexibility index (Phi) is 7.27. The predicted octanol–water partition coefficient (Wildman–Crippen LogP) is 1.36. The van der Waals surface area contributed by atoms with Gasteiger partial charge >= 0.3 is 0 Å². The average molecular weight is 331 g/mol. The van der Waals surface area contributed by atoms with Crippen LogP contribution in [0.1, 0.15) is 12.0 Å². The van der Waals surface area contributed by atoms with E-state index in [9.17, 15) is 4.79 Å². The minimum atomic E-state index is 0. The summed E-state index contributed by atoms with van der Waals surface area (Å²) in [5, 5.41) is 6.13. The first kappa shape index (κ1) is 18.4. The molecule has 1 amide bonds. The smallest absolute Gasteiger partial charge is 0.224 e. The lowest BCUT2D eigenvalue weighted by atomic mass is 10.1. The zero-order chi connectivity index (χ0) is 15.2. The lowest BCUT2D eigenvalue weighted by molar-refractivity contribution is -0.124. The summed E-state index contributed by atoms with van der Waals surface area (Å²) in [6.45, 7) is 2.00. The molecular weight excluding hydrogens is 308 g/mol. The molecule has 0 radical (unpaired) electrons. The third-order valence-electron chi connectivity index (χ3n) is 3.69. The predicted molar refractivity (Wildman–Crippen MR) is 86.2 cm³/mol. The van der Waals surface area contributed by atoms with E-state index in [2.05, 4.69) is 10.6 Å². The monoisotopic (exact) mass is 330 g/mol. The van der Waals surface area contributed by atoms with Crippen LogP contribution in [0.4, 0.5) is 0 Å². The molecule has 7 heteroatoms. The second-order valence-corrected chi connectivity index (χ2v) is 4.92. The highest BCUT2D eigenvalue weighted by Crippen LogP contribution is 2.33. The number of carbonyl (C=O) groups is 1. The van der Waals surface area contributed by atoms with Crippen molar-refractivity contribution in [1.29, 1.82) is 0 Å². The summed E-state index contributed by atoms with van der Waals surface area (Å²) in [7, 11) is 4.75. The summed E-state index contributed by atoms with van der Waals surface area (Å²) in [5.74, 6) is 2.02. The molecule has 1 aliphatic heterocycles. The Balaban J connectivity index is 0.00000242. The van der Waals surface area contributed by atoms with Gasteiger partial charge in [-0.3, -0.25) is 4.79 Å². The quantitative estimate of drug-likeness (QED) is 0.824. The Labute approximate surface area is 136 Å². The van der Waals surface area contributed by atoms with Crippen LogP contribution in [-0.2, 0) is 11.3 Å². The maximum absolute atomic E-state index is 12.1. The van der Waals surface area contributed by atoms with Gasteiger partial charge in [0.1, 0.15) is 17.2 Å². The number of hydrogen-bond acceptors (Lipinski definition) is 5. The van der Waals surface area contributed by atoms with Crippen molar-refractivity contribution in [3.05, 3.63) is 17.7 Å². The van der Waals surface area contributed by atoms with Crippen molar-refractivity contribution in [3.63, 3.8) is 0 Å². The summed E-state index contributed by atoms with van der Waals surface area (Å²) in [6, 6.07) is 3.56. The Morgan fingerprint density at radius 2 is 1.86 bits per heavy atom. The molecule has 22 heavy (non-hydrogen) atoms. The van der Waals surface area contributed by atoms with Crippen molar-refractivity contribution < 1.29 is 19.0 Å². The van der Waals surface area contributed by atoms with E-state index in [1.54, 1.807) is 33.5 Å². The largest absolute Gasteiger partial charge is 0.496 e. The van der Waals surface area contributed by atoms with Crippen LogP contribution in [0.2, 0.25) is 0 Å². The van der Waals surface area contributed by atoms with E-state index >= 15 is 0 Å². The zero-order valence-corrected chi connectivity index (χ0v) is 13.9. The van der Waals surface area contributed by atoms with Gasteiger partial charge in [0.25, 0.3) is 0 Å². The molecule has 1 atom stereocenters. The summed E-state index contributed by atoms with van der Waals surface area (Å²) < 4.78 is 15.9. The maximum Gasteiger partial charge on any atom is 0.224 e. The molecule has 1 heterocycles. The number of halogens is 1. The van der Waals surface area contributed by atoms with Gasteiger partial charge in [-0.25, -0.2) is 0 Å². The summed E-state index contributed by atoms with van der Waals surface area (Å²) in [5.41, 5.74) is 0.806. The van der Waals surface area contributed by atoms with Crippen LogP contribution in [-0.4, -0.2) is 40.3 Å². The van der Waals surface area contributed by atoms with Crippen LogP contribution >= 0.6 is 12.4 Å². The first-order valence-corrected chi connectivity index (χ1v) is 6.97. The zero-order valence-electron chi connectivity index (χ0n) is 13.1. The van der Waals surface area contributed by atoms with Gasteiger partial charge < -0.3 is 24.8 Å². The van der Waals surface area contributed by atoms with Crippen molar-refractivity contribution in [2.75, 3.05) is 34.4 Å². The lowest BCUT2D eigenvalue weighted by Gasteiger charge is -2.16. The highest BCUT2D eigenvalue weighted by Gasteiger charge is 2.23. The van der Waals surface area contributed by atoms with Crippen molar-refractivity contribution in [1.82, 2.24) is 10.6 Å². The number of rotatable bonds is 6. The van der Waals surface area contributed by atoms with Crippen LogP contribution in [0, 0.1) is 5.92 Å². The van der Waals surface area contributed by atoms with Gasteiger partial charge in [-0.1, -0.05) is 0 Å². The van der Waals surface area contributed by atoms with Crippen molar-refractivity contribution in [3.8, 4) is 17.2 Å². The highest BCUT2D eigenvalue weighted by molar-refractivity contribution is 5.85. The van der Waals surface area contributed by atoms with Crippen LogP contribution in [0.25, 0.3) is 0 Å². The van der Waals surface area contributed by atoms with Crippen LogP contribution in [0.15, 0.2) is 12.1 Å². The molecule has 1 saturated heterocycles. The molecule has 2 rings (SSSR count). The maximum atomic E-state index is 12.1. The van der Waals surface area contributed by atoms with E-state index in [0.717, 1.165) is 25.1 Å². The van der Waals surface area contributed by atoms with Crippen LogP contribution in [0.5, 0.6) is 17.2 Å². The number of hydrogen-bond donors (Lipinski definition) is 2. The normalized spacial score (nSPS) is 16.6. The fraction of sp³-hybridized carbons (Fsp3) is 0.533. The lowest BCUT2D eigenvalue weighted by Crippen LogP contribution is -2.31. The number of ether oxygens (including phenoxy) is 3. The second-order valence-electron chi connectivity index (χ2n) is 4.92. The first-order chi connectivity index (χ1) is 10.2. The summed E-state index contributed by atoms with van der Waals surface area (Å²) in [6.07, 6.45) is 0.878. The summed E-state index contributed by atoms with van der Waals surface area (Å²) in [4.78, 5) is 12.1. The van der Waals surface area contributed by atoms with Crippen molar-refractivity contribution >= 4 is 18.3 Å². The van der Waals surface area contributed by atoms with E-state index in [0.29, 0.717) is 23.8 Å². The van der Waals surface area contributed by atoms with Gasteiger partial charge in [-0.2, -0.15) is 0 Å². The third kappa shape index (κ3) is 4.18. The molecular formula is C15H23ClN2O4. The van der Waals surface area contributed by atoms with Crippen LogP contribution in [0.3, 0.4) is 0 Å². The van der Waals surface area contributed by atoms with Gasteiger partial charge in [0, 0.05) is 18.7 Å². The topological polar surface area (TPSA) is 68.8 Å². The van der Waals surface area contributed by atoms with Crippen molar-refractivity contribution in [2.45, 2.75) is 13.0 Å². The number of benzene rings is 1. The van der Waals surface area contributed by atoms with E-state index in [-0.39, 0.29) is 24.2 Å². The molecule has 0 spiro atoms. The Bertz CT molecular complexity index is 479. The molecule has 1 aliphatic rings. The molecule has 1 aromatic carbocycles. The van der Waals surface area contributed by atoms with E-state index in [1.165, 1.54) is 0 Å². The van der Waals surface area contributed by atoms with Gasteiger partial charge in [-0.15, -0.1) is 12.4 Å². The third-order valence-corrected chi connectivity index (χ3v) is 3.69. The van der Waals surface area contributed by atoms with E-state index in [1.807, 2.05) is 0 Å². The number of carbonyl (C=O) groups excluding carboxylic acids is 1. The second kappa shape index (κ2) is 8.70. The van der Waals surface area contributed by atoms with Gasteiger partial charge in [0.05, 0.1) is 39.4 Å².